The van der Waals surface area contributed by atoms with Crippen LogP contribution in [0.4, 0.5) is 0 Å². The number of hydrogen-bond donors (Lipinski definition) is 0. The van der Waals surface area contributed by atoms with Crippen molar-refractivity contribution in [1.29, 1.82) is 0 Å². The van der Waals surface area contributed by atoms with Crippen molar-refractivity contribution in [3.8, 4) is 0 Å². The Bertz CT molecular complexity index is 534. The SMILES string of the molecule is COC1CC(n2c(CCl)nc3cnccc32)C1. The summed E-state index contributed by atoms with van der Waals surface area (Å²) in [6.07, 6.45) is 6.03. The molecular weight excluding hydrogens is 238 g/mol. The third-order valence-electron chi connectivity index (χ3n) is 3.45. The van der Waals surface area contributed by atoms with E-state index in [2.05, 4.69) is 14.5 Å². The normalized spacial score (nSPS) is 23.9. The number of alkyl halides is 1. The van der Waals surface area contributed by atoms with Crippen molar-refractivity contribution in [2.24, 2.45) is 0 Å². The van der Waals surface area contributed by atoms with Crippen molar-refractivity contribution in [3.63, 3.8) is 0 Å². The maximum Gasteiger partial charge on any atom is 0.125 e. The molecule has 17 heavy (non-hydrogen) atoms. The van der Waals surface area contributed by atoms with Gasteiger partial charge in [-0.25, -0.2) is 4.98 Å². The number of nitrogens with zero attached hydrogens (tertiary/aromatic N) is 3. The van der Waals surface area contributed by atoms with E-state index in [1.165, 1.54) is 0 Å². The summed E-state index contributed by atoms with van der Waals surface area (Å²) in [5.41, 5.74) is 2.04. The molecule has 0 atom stereocenters. The second-order valence-corrected chi connectivity index (χ2v) is 4.65. The zero-order valence-electron chi connectivity index (χ0n) is 9.64. The van der Waals surface area contributed by atoms with Crippen molar-refractivity contribution in [3.05, 3.63) is 24.3 Å². The van der Waals surface area contributed by atoms with Gasteiger partial charge >= 0.3 is 0 Å². The molecule has 0 amide bonds. The molecule has 2 heterocycles. The minimum absolute atomic E-state index is 0.377. The minimum atomic E-state index is 0.377. The summed E-state index contributed by atoms with van der Waals surface area (Å²) < 4.78 is 7.56. The standard InChI is InChI=1S/C12H14ClN3O/c1-17-9-4-8(5-9)16-11-2-3-14-7-10(11)15-12(16)6-13/h2-3,7-9H,4-6H2,1H3. The van der Waals surface area contributed by atoms with Crippen LogP contribution in [-0.2, 0) is 10.6 Å². The number of imidazole rings is 1. The smallest absolute Gasteiger partial charge is 0.125 e. The van der Waals surface area contributed by atoms with Crippen LogP contribution >= 0.6 is 11.6 Å². The Balaban J connectivity index is 2.02. The third-order valence-corrected chi connectivity index (χ3v) is 3.69. The lowest BCUT2D eigenvalue weighted by atomic mass is 9.89. The fraction of sp³-hybridized carbons (Fsp3) is 0.500. The quantitative estimate of drug-likeness (QED) is 0.787. The van der Waals surface area contributed by atoms with Gasteiger partial charge in [-0.05, 0) is 18.9 Å². The van der Waals surface area contributed by atoms with E-state index in [0.717, 1.165) is 29.7 Å². The monoisotopic (exact) mass is 251 g/mol. The maximum absolute atomic E-state index is 5.96. The zero-order valence-corrected chi connectivity index (χ0v) is 10.4. The van der Waals surface area contributed by atoms with Gasteiger partial charge in [-0.1, -0.05) is 0 Å². The van der Waals surface area contributed by atoms with Gasteiger partial charge in [0.05, 0.1) is 23.7 Å². The fourth-order valence-electron chi connectivity index (χ4n) is 2.44. The molecule has 2 aromatic heterocycles. The maximum atomic E-state index is 5.96. The molecule has 0 aliphatic heterocycles. The number of pyridine rings is 1. The van der Waals surface area contributed by atoms with Gasteiger partial charge in [0.1, 0.15) is 11.3 Å². The number of aromatic nitrogens is 3. The van der Waals surface area contributed by atoms with Crippen molar-refractivity contribution >= 4 is 22.6 Å². The molecule has 1 aliphatic rings. The van der Waals surface area contributed by atoms with Crippen LogP contribution in [0.25, 0.3) is 11.0 Å². The molecule has 1 fully saturated rings. The predicted molar refractivity (Wildman–Crippen MR) is 66.2 cm³/mol. The molecule has 0 radical (unpaired) electrons. The first-order valence-corrected chi connectivity index (χ1v) is 6.26. The van der Waals surface area contributed by atoms with E-state index in [4.69, 9.17) is 16.3 Å². The number of halogens is 1. The van der Waals surface area contributed by atoms with Crippen molar-refractivity contribution in [1.82, 2.24) is 14.5 Å². The first-order valence-electron chi connectivity index (χ1n) is 5.73. The molecule has 0 bridgehead atoms. The second-order valence-electron chi connectivity index (χ2n) is 4.38. The molecule has 1 saturated carbocycles. The summed E-state index contributed by atoms with van der Waals surface area (Å²) in [4.78, 5) is 8.60. The van der Waals surface area contributed by atoms with Gasteiger partial charge in [0.25, 0.3) is 0 Å². The van der Waals surface area contributed by atoms with Gasteiger partial charge in [-0.15, -0.1) is 11.6 Å². The molecule has 0 saturated heterocycles. The number of fused-ring (bicyclic) bond motifs is 1. The van der Waals surface area contributed by atoms with Gasteiger partial charge in [0.15, 0.2) is 0 Å². The van der Waals surface area contributed by atoms with Crippen LogP contribution in [-0.4, -0.2) is 27.7 Å². The van der Waals surface area contributed by atoms with Gasteiger partial charge in [-0.2, -0.15) is 0 Å². The Hall–Kier alpha value is -1.13. The highest BCUT2D eigenvalue weighted by Gasteiger charge is 2.32. The molecule has 2 aromatic rings. The topological polar surface area (TPSA) is 39.9 Å². The summed E-state index contributed by atoms with van der Waals surface area (Å²) in [7, 11) is 1.76. The van der Waals surface area contributed by atoms with E-state index in [9.17, 15) is 0 Å². The molecule has 0 unspecified atom stereocenters. The van der Waals surface area contributed by atoms with Crippen LogP contribution < -0.4 is 0 Å². The number of methoxy groups -OCH3 is 1. The van der Waals surface area contributed by atoms with E-state index in [1.54, 1.807) is 19.5 Å². The van der Waals surface area contributed by atoms with E-state index in [-0.39, 0.29) is 0 Å². The summed E-state index contributed by atoms with van der Waals surface area (Å²) >= 11 is 5.96. The van der Waals surface area contributed by atoms with Gasteiger partial charge in [-0.3, -0.25) is 4.98 Å². The minimum Gasteiger partial charge on any atom is -0.381 e. The molecule has 5 heteroatoms. The van der Waals surface area contributed by atoms with Crippen LogP contribution in [0, 0.1) is 0 Å². The molecule has 3 rings (SSSR count). The first kappa shape index (κ1) is 11.0. The molecule has 0 aromatic carbocycles. The Morgan fingerprint density at radius 2 is 2.35 bits per heavy atom. The zero-order chi connectivity index (χ0) is 11.8. The van der Waals surface area contributed by atoms with Crippen molar-refractivity contribution in [2.75, 3.05) is 7.11 Å². The van der Waals surface area contributed by atoms with Crippen LogP contribution in [0.3, 0.4) is 0 Å². The number of ether oxygens (including phenoxy) is 1. The average Bonchev–Trinajstić information content (AvgIpc) is 2.67. The van der Waals surface area contributed by atoms with E-state index in [1.807, 2.05) is 6.07 Å². The molecule has 4 nitrogen and oxygen atoms in total. The van der Waals surface area contributed by atoms with Crippen molar-refractivity contribution in [2.45, 2.75) is 30.9 Å². The van der Waals surface area contributed by atoms with Crippen LogP contribution in [0.15, 0.2) is 18.5 Å². The van der Waals surface area contributed by atoms with Gasteiger partial charge in [0.2, 0.25) is 0 Å². The molecule has 0 spiro atoms. The number of hydrogen-bond acceptors (Lipinski definition) is 3. The summed E-state index contributed by atoms with van der Waals surface area (Å²) in [6.45, 7) is 0. The Kier molecular flexibility index (Phi) is 2.76. The molecular formula is C12H14ClN3O. The Labute approximate surface area is 105 Å². The highest BCUT2D eigenvalue weighted by molar-refractivity contribution is 6.16. The second kappa shape index (κ2) is 4.27. The summed E-state index contributed by atoms with van der Waals surface area (Å²) in [5, 5.41) is 0. The van der Waals surface area contributed by atoms with E-state index >= 15 is 0 Å². The lowest BCUT2D eigenvalue weighted by Crippen LogP contribution is -2.33. The van der Waals surface area contributed by atoms with Crippen LogP contribution in [0.5, 0.6) is 0 Å². The van der Waals surface area contributed by atoms with Crippen molar-refractivity contribution < 1.29 is 4.74 Å². The van der Waals surface area contributed by atoms with Gasteiger partial charge < -0.3 is 9.30 Å². The summed E-state index contributed by atoms with van der Waals surface area (Å²) in [5.74, 6) is 1.36. The Morgan fingerprint density at radius 3 is 3.06 bits per heavy atom. The van der Waals surface area contributed by atoms with E-state index < -0.39 is 0 Å². The molecule has 0 N–H and O–H groups in total. The Morgan fingerprint density at radius 1 is 1.53 bits per heavy atom. The largest absolute Gasteiger partial charge is 0.381 e. The summed E-state index contributed by atoms with van der Waals surface area (Å²) in [6, 6.07) is 2.46. The van der Waals surface area contributed by atoms with Crippen LogP contribution in [0.2, 0.25) is 0 Å². The molecule has 1 aliphatic carbocycles. The highest BCUT2D eigenvalue weighted by atomic mass is 35.5. The lowest BCUT2D eigenvalue weighted by Gasteiger charge is -2.36. The highest BCUT2D eigenvalue weighted by Crippen LogP contribution is 2.37. The van der Waals surface area contributed by atoms with Crippen LogP contribution in [0.1, 0.15) is 24.7 Å². The molecule has 90 valence electrons. The fourth-order valence-corrected chi connectivity index (χ4v) is 2.63. The first-order chi connectivity index (χ1) is 8.33. The third kappa shape index (κ3) is 1.72. The van der Waals surface area contributed by atoms with Gasteiger partial charge in [0, 0.05) is 19.3 Å². The number of rotatable bonds is 3. The predicted octanol–water partition coefficient (Wildman–Crippen LogP) is 2.52. The average molecular weight is 252 g/mol. The van der Waals surface area contributed by atoms with E-state index in [0.29, 0.717) is 18.0 Å². The lowest BCUT2D eigenvalue weighted by molar-refractivity contribution is 0.00675.